The lowest BCUT2D eigenvalue weighted by molar-refractivity contribution is -0.141. The summed E-state index contributed by atoms with van der Waals surface area (Å²) in [6, 6.07) is 10.5. The van der Waals surface area contributed by atoms with Crippen LogP contribution in [-0.4, -0.2) is 20.4 Å². The zero-order valence-electron chi connectivity index (χ0n) is 13.4. The summed E-state index contributed by atoms with van der Waals surface area (Å²) in [6.45, 7) is 1.43. The predicted molar refractivity (Wildman–Crippen MR) is 88.5 cm³/mol. The average Bonchev–Trinajstić information content (AvgIpc) is 3.09. The van der Waals surface area contributed by atoms with Gasteiger partial charge in [-0.05, 0) is 18.4 Å². The number of benzene rings is 1. The van der Waals surface area contributed by atoms with Crippen molar-refractivity contribution in [2.24, 2.45) is 5.92 Å². The fourth-order valence-electron chi connectivity index (χ4n) is 3.98. The van der Waals surface area contributed by atoms with Crippen LogP contribution >= 0.6 is 0 Å². The highest BCUT2D eigenvalue weighted by molar-refractivity contribution is 5.79. The summed E-state index contributed by atoms with van der Waals surface area (Å²) in [5.74, 6) is 1.53. The number of nitrogens with zero attached hydrogens (tertiary/aromatic N) is 3. The molecule has 1 aliphatic heterocycles. The van der Waals surface area contributed by atoms with Crippen molar-refractivity contribution in [1.29, 1.82) is 0 Å². The number of carbonyl (C=O) groups is 1. The number of hydrogen-bond acceptors (Lipinski definition) is 2. The quantitative estimate of drug-likeness (QED) is 0.851. The Morgan fingerprint density at radius 1 is 1.09 bits per heavy atom. The van der Waals surface area contributed by atoms with Gasteiger partial charge in [0.2, 0.25) is 5.91 Å². The standard InChI is InChI=1S/C19H23N3O/c23-19(16-9-5-2-6-10-16)22-14-18-20-11-12-21(18)13-17(22)15-7-3-1-4-8-15/h1,3-4,7-8,11-12,16-17H,2,5-6,9-10,13-14H2. The molecule has 1 saturated carbocycles. The van der Waals surface area contributed by atoms with Crippen LogP contribution in [0.25, 0.3) is 0 Å². The number of amides is 1. The number of rotatable bonds is 2. The minimum Gasteiger partial charge on any atom is -0.331 e. The Morgan fingerprint density at radius 2 is 1.87 bits per heavy atom. The summed E-state index contributed by atoms with van der Waals surface area (Å²) >= 11 is 0. The van der Waals surface area contributed by atoms with Crippen molar-refractivity contribution in [2.45, 2.75) is 51.2 Å². The molecule has 2 aromatic rings. The van der Waals surface area contributed by atoms with Crippen molar-refractivity contribution in [3.8, 4) is 0 Å². The van der Waals surface area contributed by atoms with Crippen molar-refractivity contribution >= 4 is 5.91 Å². The highest BCUT2D eigenvalue weighted by atomic mass is 16.2. The van der Waals surface area contributed by atoms with Gasteiger partial charge >= 0.3 is 0 Å². The Bertz CT molecular complexity index is 673. The van der Waals surface area contributed by atoms with E-state index in [1.165, 1.54) is 24.8 Å². The van der Waals surface area contributed by atoms with Gasteiger partial charge in [-0.2, -0.15) is 0 Å². The van der Waals surface area contributed by atoms with Crippen molar-refractivity contribution in [1.82, 2.24) is 14.5 Å². The van der Waals surface area contributed by atoms with Crippen LogP contribution in [0, 0.1) is 5.92 Å². The molecule has 0 saturated heterocycles. The Kier molecular flexibility index (Phi) is 3.90. The van der Waals surface area contributed by atoms with Crippen molar-refractivity contribution in [3.63, 3.8) is 0 Å². The fourth-order valence-corrected chi connectivity index (χ4v) is 3.98. The lowest BCUT2D eigenvalue weighted by atomic mass is 9.87. The zero-order chi connectivity index (χ0) is 15.6. The highest BCUT2D eigenvalue weighted by Gasteiger charge is 2.35. The van der Waals surface area contributed by atoms with Gasteiger partial charge in [0.05, 0.1) is 12.6 Å². The Hall–Kier alpha value is -2.10. The van der Waals surface area contributed by atoms with E-state index in [4.69, 9.17) is 0 Å². The summed E-state index contributed by atoms with van der Waals surface area (Å²) in [6.07, 6.45) is 9.61. The number of fused-ring (bicyclic) bond motifs is 1. The topological polar surface area (TPSA) is 38.1 Å². The van der Waals surface area contributed by atoms with E-state index in [9.17, 15) is 4.79 Å². The molecule has 0 radical (unpaired) electrons. The van der Waals surface area contributed by atoms with E-state index in [2.05, 4.69) is 38.7 Å². The molecule has 1 unspecified atom stereocenters. The lowest BCUT2D eigenvalue weighted by Gasteiger charge is -2.39. The third-order valence-corrected chi connectivity index (χ3v) is 5.28. The third kappa shape index (κ3) is 2.78. The molecule has 4 nitrogen and oxygen atoms in total. The first-order chi connectivity index (χ1) is 11.3. The van der Waals surface area contributed by atoms with Crippen LogP contribution in [0.1, 0.15) is 49.5 Å². The molecule has 0 N–H and O–H groups in total. The van der Waals surface area contributed by atoms with Crippen LogP contribution in [0.2, 0.25) is 0 Å². The van der Waals surface area contributed by atoms with Gasteiger partial charge in [-0.25, -0.2) is 4.98 Å². The number of carbonyl (C=O) groups excluding carboxylic acids is 1. The van der Waals surface area contributed by atoms with E-state index in [0.717, 1.165) is 25.2 Å². The van der Waals surface area contributed by atoms with Crippen LogP contribution in [0.4, 0.5) is 0 Å². The molecular weight excluding hydrogens is 286 g/mol. The Morgan fingerprint density at radius 3 is 2.65 bits per heavy atom. The van der Waals surface area contributed by atoms with Crippen molar-refractivity contribution in [2.75, 3.05) is 0 Å². The molecule has 1 amide bonds. The van der Waals surface area contributed by atoms with Gasteiger partial charge in [0, 0.05) is 24.9 Å². The second-order valence-corrected chi connectivity index (χ2v) is 6.72. The average molecular weight is 309 g/mol. The minimum absolute atomic E-state index is 0.118. The monoisotopic (exact) mass is 309 g/mol. The second kappa shape index (κ2) is 6.19. The van der Waals surface area contributed by atoms with Gasteiger partial charge in [0.15, 0.2) is 0 Å². The third-order valence-electron chi connectivity index (χ3n) is 5.28. The second-order valence-electron chi connectivity index (χ2n) is 6.72. The van der Waals surface area contributed by atoms with Crippen LogP contribution in [0.15, 0.2) is 42.7 Å². The van der Waals surface area contributed by atoms with E-state index < -0.39 is 0 Å². The Balaban J connectivity index is 1.65. The van der Waals surface area contributed by atoms with Crippen LogP contribution in [-0.2, 0) is 17.9 Å². The maximum atomic E-state index is 13.2. The van der Waals surface area contributed by atoms with Gasteiger partial charge in [0.25, 0.3) is 0 Å². The molecule has 4 rings (SSSR count). The van der Waals surface area contributed by atoms with Gasteiger partial charge in [-0.3, -0.25) is 4.79 Å². The van der Waals surface area contributed by atoms with E-state index in [0.29, 0.717) is 12.5 Å². The highest BCUT2D eigenvalue weighted by Crippen LogP contribution is 2.33. The first-order valence-corrected chi connectivity index (χ1v) is 8.68. The van der Waals surface area contributed by atoms with Gasteiger partial charge in [-0.1, -0.05) is 49.6 Å². The molecule has 2 heterocycles. The molecule has 1 fully saturated rings. The molecule has 23 heavy (non-hydrogen) atoms. The molecule has 120 valence electrons. The normalized spacial score (nSPS) is 21.9. The molecule has 4 heteroatoms. The van der Waals surface area contributed by atoms with Gasteiger partial charge in [-0.15, -0.1) is 0 Å². The lowest BCUT2D eigenvalue weighted by Crippen LogP contribution is -2.44. The van der Waals surface area contributed by atoms with Crippen molar-refractivity contribution in [3.05, 3.63) is 54.1 Å². The zero-order valence-corrected chi connectivity index (χ0v) is 13.4. The maximum Gasteiger partial charge on any atom is 0.226 e. The van der Waals surface area contributed by atoms with Crippen LogP contribution in [0.3, 0.4) is 0 Å². The summed E-state index contributed by atoms with van der Waals surface area (Å²) in [5.41, 5.74) is 1.22. The van der Waals surface area contributed by atoms with E-state index in [1.54, 1.807) is 0 Å². The van der Waals surface area contributed by atoms with E-state index in [-0.39, 0.29) is 12.0 Å². The molecule has 0 spiro atoms. The molecule has 1 aromatic carbocycles. The minimum atomic E-state index is 0.118. The molecular formula is C19H23N3O. The van der Waals surface area contributed by atoms with Gasteiger partial charge < -0.3 is 9.47 Å². The Labute approximate surface area is 137 Å². The van der Waals surface area contributed by atoms with Crippen molar-refractivity contribution < 1.29 is 4.79 Å². The largest absolute Gasteiger partial charge is 0.331 e. The summed E-state index contributed by atoms with van der Waals surface area (Å²) in [4.78, 5) is 19.7. The van der Waals surface area contributed by atoms with Crippen LogP contribution in [0.5, 0.6) is 0 Å². The number of hydrogen-bond donors (Lipinski definition) is 0. The molecule has 1 aromatic heterocycles. The summed E-state index contributed by atoms with van der Waals surface area (Å²) in [7, 11) is 0. The molecule has 1 aliphatic carbocycles. The summed E-state index contributed by atoms with van der Waals surface area (Å²) in [5, 5.41) is 0. The number of aromatic nitrogens is 2. The van der Waals surface area contributed by atoms with E-state index in [1.807, 2.05) is 18.5 Å². The molecule has 2 aliphatic rings. The van der Waals surface area contributed by atoms with E-state index >= 15 is 0 Å². The summed E-state index contributed by atoms with van der Waals surface area (Å²) < 4.78 is 2.18. The first-order valence-electron chi connectivity index (χ1n) is 8.68. The molecule has 1 atom stereocenters. The SMILES string of the molecule is O=C(C1CCCCC1)N1Cc2nccn2CC1c1ccccc1. The first kappa shape index (κ1) is 14.5. The predicted octanol–water partition coefficient (Wildman–Crippen LogP) is 3.55. The molecule has 0 bridgehead atoms. The maximum absolute atomic E-state index is 13.2. The fraction of sp³-hybridized carbons (Fsp3) is 0.474. The van der Waals surface area contributed by atoms with Gasteiger partial charge in [0.1, 0.15) is 5.82 Å². The smallest absolute Gasteiger partial charge is 0.226 e. The van der Waals surface area contributed by atoms with Crippen LogP contribution < -0.4 is 0 Å². The number of imidazole rings is 1.